The van der Waals surface area contributed by atoms with E-state index < -0.39 is 107 Å². The third-order valence-corrected chi connectivity index (χ3v) is 12.5. The molecule has 1 heterocycles. The first kappa shape index (κ1) is 63.7. The number of carbonyl (C=O) groups excluding carboxylic acids is 8. The van der Waals surface area contributed by atoms with Crippen LogP contribution >= 0.6 is 0 Å². The lowest BCUT2D eigenvalue weighted by molar-refractivity contribution is -0.142. The van der Waals surface area contributed by atoms with Gasteiger partial charge in [-0.1, -0.05) is 46.8 Å². The van der Waals surface area contributed by atoms with Gasteiger partial charge in [0.15, 0.2) is 17.9 Å². The molecule has 1 fully saturated rings. The number of primary amides is 1. The van der Waals surface area contributed by atoms with Crippen LogP contribution in [0.3, 0.4) is 0 Å². The molecular formula is C48H86N18O9. The first-order valence-electron chi connectivity index (χ1n) is 25.3. The van der Waals surface area contributed by atoms with Gasteiger partial charge >= 0.3 is 0 Å². The van der Waals surface area contributed by atoms with Gasteiger partial charge in [-0.2, -0.15) is 0 Å². The average molecular weight is 1060 g/mol. The number of amides is 8. The second-order valence-electron chi connectivity index (χ2n) is 19.6. The molecular weight excluding hydrogens is 973 g/mol. The third kappa shape index (κ3) is 23.1. The molecule has 0 radical (unpaired) electrons. The number of rotatable bonds is 32. The second-order valence-corrected chi connectivity index (χ2v) is 19.6. The van der Waals surface area contributed by atoms with Gasteiger partial charge in [-0.15, -0.1) is 0 Å². The Bertz CT molecular complexity index is 2170. The fourth-order valence-electron chi connectivity index (χ4n) is 8.00. The highest BCUT2D eigenvalue weighted by Crippen LogP contribution is 2.21. The van der Waals surface area contributed by atoms with Crippen LogP contribution in [0.15, 0.2) is 39.2 Å². The molecule has 1 aliphatic rings. The zero-order valence-corrected chi connectivity index (χ0v) is 44.2. The standard InChI is InChI=1S/C48H84N18O9.H2/c1-25(2)13-18-31(38(50)68)61-39(69)28(6)60-41(71)34(24-29-14-16-30(67)17-15-29)64-44(74)37(26(3)4)65-40(70)32(10-7-20-57-46(51)52)62-42(72)35-12-9-23-66(35)45(75)33(11-8-21-58-47(53)54)63-43(73)36(49)27(5)19-22-59-48(55)56;/h14-17,25-28,31-37,67H,7-13,18-24,49H2,1-6H3,(H2,50,68)(H,60,71)(H,61,69)(H,62,72)(H,63,73)(H,64,74)(H,65,70)(H4,51,52,57)(H4,53,54,58)(H4,55,56,59);1H/i;1+1. The maximum absolute atomic E-state index is 14.3. The number of aliphatic imine (C=N–C) groups is 3. The quantitative estimate of drug-likeness (QED) is 0.0188. The number of benzene rings is 1. The molecule has 1 aromatic rings. The van der Waals surface area contributed by atoms with Crippen molar-refractivity contribution in [3.05, 3.63) is 29.8 Å². The smallest absolute Gasteiger partial charge is 0.245 e. The minimum Gasteiger partial charge on any atom is -0.508 e. The largest absolute Gasteiger partial charge is 0.508 e. The van der Waals surface area contributed by atoms with Crippen LogP contribution in [0.1, 0.15) is 106 Å². The molecule has 9 atom stereocenters. The molecule has 2 rings (SSSR count). The number of nitrogens with two attached hydrogens (primary N) is 8. The highest BCUT2D eigenvalue weighted by Gasteiger charge is 2.40. The van der Waals surface area contributed by atoms with Crippen LogP contribution in [0.2, 0.25) is 0 Å². The molecule has 75 heavy (non-hydrogen) atoms. The van der Waals surface area contributed by atoms with Crippen molar-refractivity contribution >= 4 is 65.1 Å². The van der Waals surface area contributed by atoms with E-state index in [2.05, 4.69) is 46.9 Å². The molecule has 0 saturated carbocycles. The fourth-order valence-corrected chi connectivity index (χ4v) is 8.00. The highest BCUT2D eigenvalue weighted by molar-refractivity contribution is 5.98. The Labute approximate surface area is 440 Å². The SMILES string of the molecule is CC(C)CCC(NC(=O)C(C)NC(=O)C(Cc1ccc(O)cc1)NC(=O)C(NC(=O)C(CCCN=C(N)N)NC(=O)C1CCCN1C(=O)C(CCCN=C(N)N)NC(=O)C(N)C(C)CCN=C(N)N)C(C)C)C(N)=O.[2HH]. The van der Waals surface area contributed by atoms with E-state index in [0.717, 1.165) is 0 Å². The topological polar surface area (TPSA) is 477 Å². The number of aromatic hydroxyl groups is 1. The van der Waals surface area contributed by atoms with Crippen molar-refractivity contribution in [2.24, 2.45) is 78.6 Å². The molecule has 27 nitrogen and oxygen atoms in total. The lowest BCUT2D eigenvalue weighted by atomic mass is 9.97. The van der Waals surface area contributed by atoms with Gasteiger partial charge in [-0.05, 0) is 100 Å². The van der Waals surface area contributed by atoms with Crippen LogP contribution in [0.5, 0.6) is 5.75 Å². The predicted octanol–water partition coefficient (Wildman–Crippen LogP) is -3.59. The summed E-state index contributed by atoms with van der Waals surface area (Å²) in [6, 6.07) is -3.49. The first-order valence-corrected chi connectivity index (χ1v) is 25.3. The summed E-state index contributed by atoms with van der Waals surface area (Å²) in [5, 5.41) is 26.0. The van der Waals surface area contributed by atoms with Gasteiger partial charge < -0.3 is 87.8 Å². The summed E-state index contributed by atoms with van der Waals surface area (Å²) < 4.78 is 0. The lowest BCUT2D eigenvalue weighted by Crippen LogP contribution is -2.61. The van der Waals surface area contributed by atoms with Crippen molar-refractivity contribution in [2.45, 2.75) is 154 Å². The summed E-state index contributed by atoms with van der Waals surface area (Å²) in [6.07, 6.45) is 2.27. The summed E-state index contributed by atoms with van der Waals surface area (Å²) in [6.45, 7) is 10.9. The Morgan fingerprint density at radius 3 is 1.69 bits per heavy atom. The molecule has 1 aromatic carbocycles. The van der Waals surface area contributed by atoms with Crippen molar-refractivity contribution in [2.75, 3.05) is 26.2 Å². The van der Waals surface area contributed by atoms with E-state index >= 15 is 0 Å². The van der Waals surface area contributed by atoms with Gasteiger partial charge in [0, 0.05) is 34.0 Å². The highest BCUT2D eigenvalue weighted by atomic mass is 16.3. The number of nitrogens with zero attached hydrogens (tertiary/aromatic N) is 4. The van der Waals surface area contributed by atoms with Crippen molar-refractivity contribution in [1.29, 1.82) is 0 Å². The van der Waals surface area contributed by atoms with E-state index in [1.54, 1.807) is 32.9 Å². The van der Waals surface area contributed by atoms with Crippen LogP contribution in [0.4, 0.5) is 0 Å². The molecule has 0 spiro atoms. The molecule has 23 N–H and O–H groups in total. The Balaban J connectivity index is 0.0000289. The Kier molecular flexibility index (Phi) is 27.2. The first-order chi connectivity index (χ1) is 35.2. The second kappa shape index (κ2) is 32.0. The van der Waals surface area contributed by atoms with E-state index in [4.69, 9.17) is 45.9 Å². The number of hydrogen-bond acceptors (Lipinski definition) is 13. The average Bonchev–Trinajstić information content (AvgIpc) is 3.83. The molecule has 0 bridgehead atoms. The maximum Gasteiger partial charge on any atom is 0.245 e. The van der Waals surface area contributed by atoms with Crippen molar-refractivity contribution in [1.82, 2.24) is 36.8 Å². The van der Waals surface area contributed by atoms with Crippen LogP contribution in [-0.2, 0) is 44.8 Å². The molecule has 1 saturated heterocycles. The maximum atomic E-state index is 14.3. The number of nitrogens with one attached hydrogen (secondary N) is 6. The zero-order valence-electron chi connectivity index (χ0n) is 44.2. The van der Waals surface area contributed by atoms with Gasteiger partial charge in [0.2, 0.25) is 47.3 Å². The van der Waals surface area contributed by atoms with Crippen LogP contribution in [0.25, 0.3) is 0 Å². The monoisotopic (exact) mass is 1060 g/mol. The van der Waals surface area contributed by atoms with Crippen LogP contribution in [0, 0.1) is 17.8 Å². The van der Waals surface area contributed by atoms with Crippen LogP contribution in [-0.4, -0.2) is 150 Å². The van der Waals surface area contributed by atoms with Crippen molar-refractivity contribution < 1.29 is 44.9 Å². The summed E-state index contributed by atoms with van der Waals surface area (Å²) >= 11 is 0. The van der Waals surface area contributed by atoms with E-state index in [0.29, 0.717) is 24.8 Å². The van der Waals surface area contributed by atoms with E-state index in [9.17, 15) is 43.5 Å². The summed E-state index contributed by atoms with van der Waals surface area (Å²) in [7, 11) is 0. The van der Waals surface area contributed by atoms with Gasteiger partial charge in [-0.3, -0.25) is 53.3 Å². The van der Waals surface area contributed by atoms with E-state index in [1.807, 2.05) is 13.8 Å². The van der Waals surface area contributed by atoms with Gasteiger partial charge in [0.25, 0.3) is 0 Å². The van der Waals surface area contributed by atoms with Gasteiger partial charge in [0.05, 0.1) is 6.04 Å². The number of hydrogen-bond donors (Lipinski definition) is 15. The fraction of sp³-hybridized carbons (Fsp3) is 0.646. The molecule has 0 aliphatic carbocycles. The number of phenols is 1. The van der Waals surface area contributed by atoms with E-state index in [-0.39, 0.29) is 102 Å². The number of phenolic OH excluding ortho intramolecular Hbond substituents is 1. The lowest BCUT2D eigenvalue weighted by Gasteiger charge is -2.31. The number of carbonyl (C=O) groups is 8. The Hall–Kier alpha value is -7.45. The third-order valence-electron chi connectivity index (χ3n) is 12.5. The minimum atomic E-state index is -1.33. The molecule has 8 amide bonds. The Morgan fingerprint density at radius 2 is 1.15 bits per heavy atom. The number of guanidine groups is 3. The Morgan fingerprint density at radius 1 is 0.613 bits per heavy atom. The summed E-state index contributed by atoms with van der Waals surface area (Å²) in [5.74, 6) is -6.93. The summed E-state index contributed by atoms with van der Waals surface area (Å²) in [5.41, 5.74) is 45.3. The summed E-state index contributed by atoms with van der Waals surface area (Å²) in [4.78, 5) is 123. The molecule has 9 unspecified atom stereocenters. The molecule has 27 heteroatoms. The molecule has 0 aromatic heterocycles. The van der Waals surface area contributed by atoms with Crippen LogP contribution < -0.4 is 77.8 Å². The zero-order chi connectivity index (χ0) is 56.5. The van der Waals surface area contributed by atoms with Crippen molar-refractivity contribution in [3.63, 3.8) is 0 Å². The number of likely N-dealkylation sites (tertiary alicyclic amines) is 1. The molecule has 422 valence electrons. The van der Waals surface area contributed by atoms with Crippen molar-refractivity contribution in [3.8, 4) is 5.75 Å². The van der Waals surface area contributed by atoms with Gasteiger partial charge in [0.1, 0.15) is 48.0 Å². The van der Waals surface area contributed by atoms with E-state index in [1.165, 1.54) is 24.0 Å². The molecule has 1 aliphatic heterocycles. The minimum absolute atomic E-state index is 0. The predicted molar refractivity (Wildman–Crippen MR) is 286 cm³/mol. The van der Waals surface area contributed by atoms with Gasteiger partial charge in [-0.25, -0.2) is 0 Å². The normalized spacial score (nSPS) is 16.3.